The second kappa shape index (κ2) is 8.94. The molecule has 4 rings (SSSR count). The number of hydrogen-bond acceptors (Lipinski definition) is 3. The van der Waals surface area contributed by atoms with Crippen LogP contribution in [0.1, 0.15) is 55.9 Å². The van der Waals surface area contributed by atoms with E-state index in [9.17, 15) is 9.59 Å². The van der Waals surface area contributed by atoms with Gasteiger partial charge in [0.15, 0.2) is 0 Å². The highest BCUT2D eigenvalue weighted by molar-refractivity contribution is 5.94. The lowest BCUT2D eigenvalue weighted by atomic mass is 9.84. The molecule has 176 valence electrons. The van der Waals surface area contributed by atoms with E-state index in [0.717, 1.165) is 48.3 Å². The SMILES string of the molecule is Cc1cccc(C)c1NC(=O)CN1CCN(C(=O)C2(c3ccc(C(C)(C)C)cc3)CC2)CC1. The minimum absolute atomic E-state index is 0.00442. The van der Waals surface area contributed by atoms with E-state index in [1.165, 1.54) is 5.56 Å². The van der Waals surface area contributed by atoms with Crippen LogP contribution in [0, 0.1) is 13.8 Å². The molecule has 1 N–H and O–H groups in total. The molecule has 33 heavy (non-hydrogen) atoms. The quantitative estimate of drug-likeness (QED) is 0.738. The van der Waals surface area contributed by atoms with Crippen LogP contribution in [0.15, 0.2) is 42.5 Å². The highest BCUT2D eigenvalue weighted by atomic mass is 16.2. The van der Waals surface area contributed by atoms with Crippen molar-refractivity contribution < 1.29 is 9.59 Å². The lowest BCUT2D eigenvalue weighted by Gasteiger charge is -2.36. The first-order chi connectivity index (χ1) is 15.6. The third-order valence-corrected chi connectivity index (χ3v) is 7.24. The Hall–Kier alpha value is -2.66. The standard InChI is InChI=1S/C28H37N3O2/c1-20-7-6-8-21(2)25(20)29-24(32)19-30-15-17-31(18-16-30)26(33)28(13-14-28)23-11-9-22(10-12-23)27(3,4)5/h6-12H,13-19H2,1-5H3,(H,29,32). The van der Waals surface area contributed by atoms with E-state index in [1.807, 2.05) is 36.9 Å². The van der Waals surface area contributed by atoms with Crippen LogP contribution in [0.4, 0.5) is 5.69 Å². The zero-order valence-electron chi connectivity index (χ0n) is 20.7. The first kappa shape index (κ1) is 23.5. The molecule has 1 aliphatic heterocycles. The highest BCUT2D eigenvalue weighted by Crippen LogP contribution is 2.50. The smallest absolute Gasteiger partial charge is 0.238 e. The van der Waals surface area contributed by atoms with Crippen LogP contribution >= 0.6 is 0 Å². The van der Waals surface area contributed by atoms with Gasteiger partial charge in [-0.3, -0.25) is 14.5 Å². The summed E-state index contributed by atoms with van der Waals surface area (Å²) < 4.78 is 0. The Morgan fingerprint density at radius 1 is 0.909 bits per heavy atom. The molecule has 1 aliphatic carbocycles. The van der Waals surface area contributed by atoms with Crippen LogP contribution in [0.3, 0.4) is 0 Å². The summed E-state index contributed by atoms with van der Waals surface area (Å²) >= 11 is 0. The topological polar surface area (TPSA) is 52.7 Å². The number of amides is 2. The molecule has 5 heteroatoms. The summed E-state index contributed by atoms with van der Waals surface area (Å²) in [7, 11) is 0. The van der Waals surface area contributed by atoms with E-state index in [0.29, 0.717) is 19.6 Å². The fourth-order valence-electron chi connectivity index (χ4n) is 4.85. The van der Waals surface area contributed by atoms with Gasteiger partial charge in [-0.05, 0) is 54.4 Å². The third-order valence-electron chi connectivity index (χ3n) is 7.24. The lowest BCUT2D eigenvalue weighted by molar-refractivity contribution is -0.135. The molecule has 5 nitrogen and oxygen atoms in total. The summed E-state index contributed by atoms with van der Waals surface area (Å²) in [5.74, 6) is 0.260. The van der Waals surface area contributed by atoms with E-state index < -0.39 is 0 Å². The number of anilines is 1. The van der Waals surface area contributed by atoms with E-state index in [1.54, 1.807) is 0 Å². The molecule has 0 spiro atoms. The average Bonchev–Trinajstić information content (AvgIpc) is 3.58. The molecular weight excluding hydrogens is 410 g/mol. The number of nitrogens with one attached hydrogen (secondary N) is 1. The van der Waals surface area contributed by atoms with Gasteiger partial charge in [-0.1, -0.05) is 63.2 Å². The van der Waals surface area contributed by atoms with Crippen LogP contribution in [-0.4, -0.2) is 54.3 Å². The van der Waals surface area contributed by atoms with Crippen molar-refractivity contribution in [3.8, 4) is 0 Å². The maximum Gasteiger partial charge on any atom is 0.238 e. The molecule has 1 saturated carbocycles. The molecule has 1 saturated heterocycles. The second-order valence-corrected chi connectivity index (χ2v) is 10.8. The average molecular weight is 448 g/mol. The van der Waals surface area contributed by atoms with E-state index >= 15 is 0 Å². The summed E-state index contributed by atoms with van der Waals surface area (Å²) in [6, 6.07) is 14.7. The van der Waals surface area contributed by atoms with Gasteiger partial charge in [0, 0.05) is 31.9 Å². The molecular formula is C28H37N3O2. The van der Waals surface area contributed by atoms with Crippen LogP contribution < -0.4 is 5.32 Å². The Kier molecular flexibility index (Phi) is 6.37. The van der Waals surface area contributed by atoms with Crippen LogP contribution in [0.2, 0.25) is 0 Å². The second-order valence-electron chi connectivity index (χ2n) is 10.8. The Morgan fingerprint density at radius 3 is 2.00 bits per heavy atom. The van der Waals surface area contributed by atoms with Gasteiger partial charge in [0.25, 0.3) is 0 Å². The van der Waals surface area contributed by atoms with E-state index in [2.05, 4.69) is 55.3 Å². The van der Waals surface area contributed by atoms with Gasteiger partial charge in [-0.25, -0.2) is 0 Å². The van der Waals surface area contributed by atoms with Crippen molar-refractivity contribution in [1.82, 2.24) is 9.80 Å². The number of rotatable bonds is 5. The van der Waals surface area contributed by atoms with Crippen LogP contribution in [-0.2, 0) is 20.4 Å². The number of aryl methyl sites for hydroxylation is 2. The van der Waals surface area contributed by atoms with Crippen molar-refractivity contribution in [3.05, 3.63) is 64.7 Å². The maximum absolute atomic E-state index is 13.4. The molecule has 2 amide bonds. The van der Waals surface area contributed by atoms with Gasteiger partial charge in [-0.15, -0.1) is 0 Å². The van der Waals surface area contributed by atoms with E-state index in [4.69, 9.17) is 0 Å². The molecule has 2 aromatic rings. The minimum Gasteiger partial charge on any atom is -0.339 e. The zero-order chi connectivity index (χ0) is 23.8. The molecule has 2 aromatic carbocycles. The Morgan fingerprint density at radius 2 is 1.48 bits per heavy atom. The monoisotopic (exact) mass is 447 g/mol. The van der Waals surface area contributed by atoms with Gasteiger partial charge in [0.05, 0.1) is 12.0 Å². The molecule has 0 radical (unpaired) electrons. The zero-order valence-corrected chi connectivity index (χ0v) is 20.7. The van der Waals surface area contributed by atoms with E-state index in [-0.39, 0.29) is 22.6 Å². The predicted molar refractivity (Wildman–Crippen MR) is 134 cm³/mol. The highest BCUT2D eigenvalue weighted by Gasteiger charge is 2.53. The number of carbonyl (C=O) groups excluding carboxylic acids is 2. The first-order valence-electron chi connectivity index (χ1n) is 12.1. The summed E-state index contributed by atoms with van der Waals surface area (Å²) in [5.41, 5.74) is 5.27. The molecule has 2 aliphatic rings. The molecule has 1 heterocycles. The van der Waals surface area contributed by atoms with Crippen molar-refractivity contribution in [1.29, 1.82) is 0 Å². The summed E-state index contributed by atoms with van der Waals surface area (Å²) in [6.07, 6.45) is 1.86. The molecule has 0 bridgehead atoms. The largest absolute Gasteiger partial charge is 0.339 e. The lowest BCUT2D eigenvalue weighted by Crippen LogP contribution is -2.52. The number of piperazine rings is 1. The molecule has 0 atom stereocenters. The molecule has 0 aromatic heterocycles. The van der Waals surface area contributed by atoms with Crippen molar-refractivity contribution in [2.24, 2.45) is 0 Å². The van der Waals surface area contributed by atoms with Crippen molar-refractivity contribution >= 4 is 17.5 Å². The van der Waals surface area contributed by atoms with Gasteiger partial charge in [-0.2, -0.15) is 0 Å². The Bertz CT molecular complexity index is 1000. The maximum atomic E-state index is 13.4. The molecule has 0 unspecified atom stereocenters. The van der Waals surface area contributed by atoms with Gasteiger partial charge < -0.3 is 10.2 Å². The third kappa shape index (κ3) is 4.98. The minimum atomic E-state index is -0.335. The predicted octanol–water partition coefficient (Wildman–Crippen LogP) is 4.42. The first-order valence-corrected chi connectivity index (χ1v) is 12.1. The summed E-state index contributed by atoms with van der Waals surface area (Å²) in [4.78, 5) is 30.2. The number of benzene rings is 2. The number of hydrogen-bond donors (Lipinski definition) is 1. The number of para-hydroxylation sites is 1. The van der Waals surface area contributed by atoms with Gasteiger partial charge in [0.1, 0.15) is 0 Å². The molecule has 2 fully saturated rings. The van der Waals surface area contributed by atoms with Gasteiger partial charge >= 0.3 is 0 Å². The Balaban J connectivity index is 1.32. The van der Waals surface area contributed by atoms with Gasteiger partial charge in [0.2, 0.25) is 11.8 Å². The van der Waals surface area contributed by atoms with Crippen molar-refractivity contribution in [3.63, 3.8) is 0 Å². The fourth-order valence-corrected chi connectivity index (χ4v) is 4.85. The van der Waals surface area contributed by atoms with Crippen LogP contribution in [0.25, 0.3) is 0 Å². The van der Waals surface area contributed by atoms with Crippen molar-refractivity contribution in [2.75, 3.05) is 38.0 Å². The van der Waals surface area contributed by atoms with Crippen LogP contribution in [0.5, 0.6) is 0 Å². The number of nitrogens with zero attached hydrogens (tertiary/aromatic N) is 2. The Labute approximate surface area is 198 Å². The summed E-state index contributed by atoms with van der Waals surface area (Å²) in [5, 5.41) is 3.07. The summed E-state index contributed by atoms with van der Waals surface area (Å²) in [6.45, 7) is 13.8. The van der Waals surface area contributed by atoms with Crippen molar-refractivity contribution in [2.45, 2.75) is 58.3 Å². The normalized spacial score (nSPS) is 18.2. The fraction of sp³-hybridized carbons (Fsp3) is 0.500. The number of carbonyl (C=O) groups is 2.